The molecule has 1 fully saturated rings. The zero-order valence-corrected chi connectivity index (χ0v) is 9.74. The number of nitrogens with one attached hydrogen (secondary N) is 1. The SMILES string of the molecule is CC(=O)NCCN1CCCCC1CC(=O)O. The molecule has 0 aromatic carbocycles. The van der Waals surface area contributed by atoms with E-state index >= 15 is 0 Å². The minimum Gasteiger partial charge on any atom is -0.481 e. The Labute approximate surface area is 95.8 Å². The van der Waals surface area contributed by atoms with Gasteiger partial charge in [0, 0.05) is 26.1 Å². The van der Waals surface area contributed by atoms with Gasteiger partial charge in [0.25, 0.3) is 0 Å². The Morgan fingerprint density at radius 3 is 2.81 bits per heavy atom. The lowest BCUT2D eigenvalue weighted by molar-refractivity contribution is -0.138. The number of hydrogen-bond acceptors (Lipinski definition) is 3. The summed E-state index contributed by atoms with van der Waals surface area (Å²) in [6.45, 7) is 3.78. The third-order valence-corrected chi connectivity index (χ3v) is 2.93. The van der Waals surface area contributed by atoms with E-state index in [0.717, 1.165) is 32.4 Å². The van der Waals surface area contributed by atoms with Gasteiger partial charge in [-0.05, 0) is 19.4 Å². The lowest BCUT2D eigenvalue weighted by Crippen LogP contribution is -2.44. The Morgan fingerprint density at radius 2 is 2.19 bits per heavy atom. The van der Waals surface area contributed by atoms with Crippen molar-refractivity contribution in [2.75, 3.05) is 19.6 Å². The van der Waals surface area contributed by atoms with Crippen molar-refractivity contribution < 1.29 is 14.7 Å². The van der Waals surface area contributed by atoms with Crippen molar-refractivity contribution in [1.82, 2.24) is 10.2 Å². The highest BCUT2D eigenvalue weighted by atomic mass is 16.4. The summed E-state index contributed by atoms with van der Waals surface area (Å²) in [5.74, 6) is -0.775. The predicted molar refractivity (Wildman–Crippen MR) is 60.1 cm³/mol. The maximum Gasteiger partial charge on any atom is 0.304 e. The van der Waals surface area contributed by atoms with E-state index in [9.17, 15) is 9.59 Å². The molecular weight excluding hydrogens is 208 g/mol. The van der Waals surface area contributed by atoms with Crippen LogP contribution >= 0.6 is 0 Å². The van der Waals surface area contributed by atoms with Crippen LogP contribution in [0.15, 0.2) is 0 Å². The van der Waals surface area contributed by atoms with Crippen molar-refractivity contribution in [3.63, 3.8) is 0 Å². The number of rotatable bonds is 5. The summed E-state index contributed by atoms with van der Waals surface area (Å²) >= 11 is 0. The Bertz CT molecular complexity index is 256. The molecule has 1 rings (SSSR count). The fourth-order valence-electron chi connectivity index (χ4n) is 2.16. The van der Waals surface area contributed by atoms with Crippen molar-refractivity contribution in [3.8, 4) is 0 Å². The third kappa shape index (κ3) is 4.61. The van der Waals surface area contributed by atoms with Crippen molar-refractivity contribution in [2.24, 2.45) is 0 Å². The number of nitrogens with zero attached hydrogens (tertiary/aromatic N) is 1. The summed E-state index contributed by atoms with van der Waals surface area (Å²) in [5, 5.41) is 11.5. The van der Waals surface area contributed by atoms with E-state index in [4.69, 9.17) is 5.11 Å². The van der Waals surface area contributed by atoms with Gasteiger partial charge in [-0.25, -0.2) is 0 Å². The van der Waals surface area contributed by atoms with Gasteiger partial charge >= 0.3 is 5.97 Å². The van der Waals surface area contributed by atoms with Crippen molar-refractivity contribution in [3.05, 3.63) is 0 Å². The fraction of sp³-hybridized carbons (Fsp3) is 0.818. The van der Waals surface area contributed by atoms with Crippen LogP contribution in [-0.4, -0.2) is 47.6 Å². The molecule has 1 atom stereocenters. The molecule has 16 heavy (non-hydrogen) atoms. The topological polar surface area (TPSA) is 69.6 Å². The molecule has 0 radical (unpaired) electrons. The monoisotopic (exact) mass is 228 g/mol. The van der Waals surface area contributed by atoms with E-state index in [1.807, 2.05) is 0 Å². The van der Waals surface area contributed by atoms with Crippen molar-refractivity contribution in [2.45, 2.75) is 38.6 Å². The quantitative estimate of drug-likeness (QED) is 0.717. The Balaban J connectivity index is 2.34. The number of likely N-dealkylation sites (tertiary alicyclic amines) is 1. The Morgan fingerprint density at radius 1 is 1.44 bits per heavy atom. The third-order valence-electron chi connectivity index (χ3n) is 2.93. The number of carboxylic acid groups (broad SMARTS) is 1. The van der Waals surface area contributed by atoms with E-state index in [1.54, 1.807) is 0 Å². The van der Waals surface area contributed by atoms with Crippen LogP contribution in [0, 0.1) is 0 Å². The molecule has 1 aliphatic heterocycles. The second-order valence-electron chi connectivity index (χ2n) is 4.27. The van der Waals surface area contributed by atoms with E-state index < -0.39 is 5.97 Å². The van der Waals surface area contributed by atoms with Gasteiger partial charge in [-0.2, -0.15) is 0 Å². The molecule has 0 aliphatic carbocycles. The number of aliphatic carboxylic acids is 1. The lowest BCUT2D eigenvalue weighted by atomic mass is 9.99. The molecule has 0 spiro atoms. The average molecular weight is 228 g/mol. The van der Waals surface area contributed by atoms with E-state index in [0.29, 0.717) is 6.54 Å². The van der Waals surface area contributed by atoms with Crippen LogP contribution < -0.4 is 5.32 Å². The van der Waals surface area contributed by atoms with Crippen LogP contribution in [-0.2, 0) is 9.59 Å². The zero-order chi connectivity index (χ0) is 12.0. The highest BCUT2D eigenvalue weighted by Gasteiger charge is 2.23. The molecule has 5 heteroatoms. The molecule has 1 heterocycles. The molecule has 92 valence electrons. The highest BCUT2D eigenvalue weighted by molar-refractivity contribution is 5.72. The van der Waals surface area contributed by atoms with Crippen LogP contribution in [0.3, 0.4) is 0 Å². The van der Waals surface area contributed by atoms with Crippen LogP contribution in [0.4, 0.5) is 0 Å². The molecular formula is C11H20N2O3. The van der Waals surface area contributed by atoms with Crippen LogP contribution in [0.5, 0.6) is 0 Å². The lowest BCUT2D eigenvalue weighted by Gasteiger charge is -2.34. The first-order chi connectivity index (χ1) is 7.59. The first-order valence-corrected chi connectivity index (χ1v) is 5.80. The van der Waals surface area contributed by atoms with Crippen LogP contribution in [0.25, 0.3) is 0 Å². The number of amides is 1. The van der Waals surface area contributed by atoms with Gasteiger partial charge < -0.3 is 10.4 Å². The standard InChI is InChI=1S/C11H20N2O3/c1-9(14)12-5-7-13-6-3-2-4-10(13)8-11(15)16/h10H,2-8H2,1H3,(H,12,14)(H,15,16). The molecule has 0 saturated carbocycles. The fourth-order valence-corrected chi connectivity index (χ4v) is 2.16. The molecule has 1 aliphatic rings. The summed E-state index contributed by atoms with van der Waals surface area (Å²) in [7, 11) is 0. The van der Waals surface area contributed by atoms with Gasteiger partial charge in [0.2, 0.25) is 5.91 Å². The van der Waals surface area contributed by atoms with Crippen LogP contribution in [0.2, 0.25) is 0 Å². The molecule has 0 aromatic heterocycles. The minimum absolute atomic E-state index is 0.0354. The summed E-state index contributed by atoms with van der Waals surface area (Å²) in [6, 6.07) is 0.139. The normalized spacial score (nSPS) is 21.7. The second-order valence-corrected chi connectivity index (χ2v) is 4.27. The van der Waals surface area contributed by atoms with E-state index in [2.05, 4.69) is 10.2 Å². The van der Waals surface area contributed by atoms with Crippen molar-refractivity contribution in [1.29, 1.82) is 0 Å². The summed E-state index contributed by atoms with van der Waals surface area (Å²) < 4.78 is 0. The van der Waals surface area contributed by atoms with Gasteiger partial charge in [-0.15, -0.1) is 0 Å². The number of carboxylic acids is 1. The largest absolute Gasteiger partial charge is 0.481 e. The maximum atomic E-state index is 10.7. The zero-order valence-electron chi connectivity index (χ0n) is 9.74. The Hall–Kier alpha value is -1.10. The van der Waals surface area contributed by atoms with Gasteiger partial charge in [-0.3, -0.25) is 14.5 Å². The summed E-state index contributed by atoms with van der Waals surface area (Å²) in [6.07, 6.45) is 3.39. The summed E-state index contributed by atoms with van der Waals surface area (Å²) in [5.41, 5.74) is 0. The molecule has 0 bridgehead atoms. The first kappa shape index (κ1) is 13.0. The first-order valence-electron chi connectivity index (χ1n) is 5.80. The van der Waals surface area contributed by atoms with E-state index in [-0.39, 0.29) is 18.4 Å². The summed E-state index contributed by atoms with van der Waals surface area (Å²) in [4.78, 5) is 23.6. The molecule has 5 nitrogen and oxygen atoms in total. The smallest absolute Gasteiger partial charge is 0.304 e. The molecule has 0 aromatic rings. The average Bonchev–Trinajstić information content (AvgIpc) is 2.19. The van der Waals surface area contributed by atoms with Crippen molar-refractivity contribution >= 4 is 11.9 Å². The predicted octanol–water partition coefficient (Wildman–Crippen LogP) is 0.452. The van der Waals surface area contributed by atoms with Gasteiger partial charge in [0.05, 0.1) is 6.42 Å². The Kier molecular flexibility index (Phi) is 5.25. The minimum atomic E-state index is -0.739. The molecule has 1 saturated heterocycles. The molecule has 2 N–H and O–H groups in total. The number of carbonyl (C=O) groups is 2. The van der Waals surface area contributed by atoms with Crippen LogP contribution in [0.1, 0.15) is 32.6 Å². The number of hydrogen-bond donors (Lipinski definition) is 2. The van der Waals surface area contributed by atoms with Gasteiger partial charge in [0.1, 0.15) is 0 Å². The molecule has 1 amide bonds. The number of piperidine rings is 1. The maximum absolute atomic E-state index is 10.7. The van der Waals surface area contributed by atoms with Gasteiger partial charge in [-0.1, -0.05) is 6.42 Å². The highest BCUT2D eigenvalue weighted by Crippen LogP contribution is 2.18. The van der Waals surface area contributed by atoms with E-state index in [1.165, 1.54) is 6.92 Å². The molecule has 1 unspecified atom stereocenters. The number of carbonyl (C=O) groups excluding carboxylic acids is 1. The second kappa shape index (κ2) is 6.48. The van der Waals surface area contributed by atoms with Gasteiger partial charge in [0.15, 0.2) is 0 Å².